The van der Waals surface area contributed by atoms with Crippen molar-refractivity contribution in [1.29, 1.82) is 0 Å². The number of hydrogen-bond acceptors (Lipinski definition) is 11. The highest BCUT2D eigenvalue weighted by molar-refractivity contribution is 6.04. The van der Waals surface area contributed by atoms with Crippen molar-refractivity contribution < 1.29 is 44.7 Å². The minimum absolute atomic E-state index is 0.0162. The molecule has 12 heteroatoms. The number of aliphatic hydroxyl groups excluding tert-OH is 2. The number of anilines is 3. The molecule has 41 heavy (non-hydrogen) atoms. The Kier molecular flexibility index (Phi) is 11.4. The van der Waals surface area contributed by atoms with Gasteiger partial charge < -0.3 is 47.5 Å². The number of benzene rings is 3. The molecule has 1 unspecified atom stereocenters. The first-order valence-corrected chi connectivity index (χ1v) is 12.6. The summed E-state index contributed by atoms with van der Waals surface area (Å²) in [6.07, 6.45) is -1.02. The smallest absolute Gasteiger partial charge is 0.346 e. The fraction of sp³-hybridized carbons (Fsp3) is 0.276. The van der Waals surface area contributed by atoms with E-state index in [9.17, 15) is 29.7 Å². The van der Waals surface area contributed by atoms with Crippen LogP contribution in [-0.4, -0.2) is 56.2 Å². The van der Waals surface area contributed by atoms with Crippen molar-refractivity contribution in [2.24, 2.45) is 0 Å². The van der Waals surface area contributed by atoms with Gasteiger partial charge in [-0.15, -0.1) is 0 Å². The molecule has 0 aromatic heterocycles. The predicted molar refractivity (Wildman–Crippen MR) is 152 cm³/mol. The molecule has 0 radical (unpaired) electrons. The highest BCUT2D eigenvalue weighted by Crippen LogP contribution is 2.33. The molecule has 0 bridgehead atoms. The van der Waals surface area contributed by atoms with Gasteiger partial charge in [0.1, 0.15) is 0 Å². The average molecular weight is 570 g/mol. The van der Waals surface area contributed by atoms with Crippen LogP contribution in [0.5, 0.6) is 0 Å². The molecule has 1 atom stereocenters. The zero-order valence-corrected chi connectivity index (χ0v) is 22.7. The lowest BCUT2D eigenvalue weighted by molar-refractivity contribution is -0.172. The van der Waals surface area contributed by atoms with E-state index in [-0.39, 0.29) is 40.8 Å². The van der Waals surface area contributed by atoms with Crippen LogP contribution in [0.2, 0.25) is 0 Å². The Morgan fingerprint density at radius 1 is 0.878 bits per heavy atom. The van der Waals surface area contributed by atoms with Crippen molar-refractivity contribution >= 4 is 35.0 Å². The van der Waals surface area contributed by atoms with Gasteiger partial charge >= 0.3 is 17.9 Å². The zero-order valence-electron chi connectivity index (χ0n) is 22.7. The van der Waals surface area contributed by atoms with E-state index < -0.39 is 36.4 Å². The van der Waals surface area contributed by atoms with Crippen LogP contribution in [0.15, 0.2) is 54.6 Å². The molecule has 3 aromatic carbocycles. The van der Waals surface area contributed by atoms with Gasteiger partial charge in [-0.1, -0.05) is 13.8 Å². The third-order valence-corrected chi connectivity index (χ3v) is 6.17. The summed E-state index contributed by atoms with van der Waals surface area (Å²) < 4.78 is 5.01. The zero-order chi connectivity index (χ0) is 30.9. The summed E-state index contributed by atoms with van der Waals surface area (Å²) in [4.78, 5) is 35.8. The largest absolute Gasteiger partial charge is 0.478 e. The van der Waals surface area contributed by atoms with E-state index in [1.807, 2.05) is 0 Å². The summed E-state index contributed by atoms with van der Waals surface area (Å²) in [6.45, 7) is 2.74. The van der Waals surface area contributed by atoms with Crippen LogP contribution < -0.4 is 17.2 Å². The van der Waals surface area contributed by atoms with Crippen LogP contribution in [0.25, 0.3) is 0 Å². The highest BCUT2D eigenvalue weighted by atomic mass is 16.6. The van der Waals surface area contributed by atoms with Crippen molar-refractivity contribution in [3.05, 3.63) is 88.0 Å². The van der Waals surface area contributed by atoms with Gasteiger partial charge in [0.05, 0.1) is 29.4 Å². The molecular weight excluding hydrogens is 534 g/mol. The lowest BCUT2D eigenvalue weighted by atomic mass is 9.89. The third-order valence-electron chi connectivity index (χ3n) is 6.17. The maximum absolute atomic E-state index is 12.8. The van der Waals surface area contributed by atoms with Crippen molar-refractivity contribution in [2.75, 3.05) is 23.8 Å². The normalized spacial score (nSPS) is 11.7. The summed E-state index contributed by atoms with van der Waals surface area (Å²) in [5, 5.41) is 48.2. The monoisotopic (exact) mass is 569 g/mol. The molecule has 0 saturated carbocycles. The lowest BCUT2D eigenvalue weighted by Crippen LogP contribution is -2.30. The number of carboxylic acids is 1. The molecule has 11 N–H and O–H groups in total. The Hall–Kier alpha value is -4.49. The van der Waals surface area contributed by atoms with Gasteiger partial charge in [0.2, 0.25) is 0 Å². The SMILES string of the molecule is CCc1c(N)ccc(C(=O)OC(=O)c2ccc(N)cc2CC(O)CO)c1C(O)(O)CC.Nc1ccc(C(=O)O)cc1. The number of carbonyl (C=O) groups excluding carboxylic acids is 2. The molecule has 0 fully saturated rings. The van der Waals surface area contributed by atoms with Crippen LogP contribution in [0.3, 0.4) is 0 Å². The van der Waals surface area contributed by atoms with Crippen molar-refractivity contribution in [3.63, 3.8) is 0 Å². The van der Waals surface area contributed by atoms with Gasteiger partial charge in [0, 0.05) is 35.5 Å². The minimum Gasteiger partial charge on any atom is -0.478 e. The Labute approximate surface area is 236 Å². The predicted octanol–water partition coefficient (Wildman–Crippen LogP) is 1.82. The first-order chi connectivity index (χ1) is 19.2. The van der Waals surface area contributed by atoms with Gasteiger partial charge in [0.15, 0.2) is 5.79 Å². The van der Waals surface area contributed by atoms with Gasteiger partial charge in [-0.3, -0.25) is 0 Å². The van der Waals surface area contributed by atoms with Crippen LogP contribution in [0.4, 0.5) is 17.1 Å². The second kappa shape index (κ2) is 14.2. The fourth-order valence-corrected chi connectivity index (χ4v) is 3.97. The number of carbonyl (C=O) groups is 3. The van der Waals surface area contributed by atoms with Crippen LogP contribution >= 0.6 is 0 Å². The number of aromatic carboxylic acids is 1. The Bertz CT molecular complexity index is 1390. The van der Waals surface area contributed by atoms with E-state index in [1.54, 1.807) is 19.1 Å². The van der Waals surface area contributed by atoms with Crippen molar-refractivity contribution in [1.82, 2.24) is 0 Å². The summed E-state index contributed by atoms with van der Waals surface area (Å²) in [5.74, 6) is -5.37. The molecule has 0 heterocycles. The molecule has 0 aliphatic rings. The summed E-state index contributed by atoms with van der Waals surface area (Å²) in [6, 6.07) is 13.0. The highest BCUT2D eigenvalue weighted by Gasteiger charge is 2.34. The molecule has 0 aliphatic carbocycles. The number of nitrogen functional groups attached to an aromatic ring is 3. The molecular formula is C29H35N3O9. The van der Waals surface area contributed by atoms with Crippen molar-refractivity contribution in [2.45, 2.75) is 45.0 Å². The number of rotatable bonds is 9. The average Bonchev–Trinajstić information content (AvgIpc) is 2.93. The number of esters is 2. The Morgan fingerprint density at radius 3 is 1.98 bits per heavy atom. The van der Waals surface area contributed by atoms with Gasteiger partial charge in [-0.25, -0.2) is 14.4 Å². The molecule has 0 aliphatic heterocycles. The van der Waals surface area contributed by atoms with Gasteiger partial charge in [-0.05, 0) is 72.1 Å². The maximum atomic E-state index is 12.8. The van der Waals surface area contributed by atoms with Gasteiger partial charge in [-0.2, -0.15) is 0 Å². The third kappa shape index (κ3) is 8.50. The van der Waals surface area contributed by atoms with Crippen LogP contribution in [0, 0.1) is 0 Å². The second-order valence-corrected chi connectivity index (χ2v) is 9.14. The molecule has 3 aromatic rings. The number of ether oxygens (including phenoxy) is 1. The van der Waals surface area contributed by atoms with E-state index in [4.69, 9.17) is 32.2 Å². The number of carboxylic acid groups (broad SMARTS) is 1. The fourth-order valence-electron chi connectivity index (χ4n) is 3.97. The molecule has 0 amide bonds. The van der Waals surface area contributed by atoms with Gasteiger partial charge in [0.25, 0.3) is 0 Å². The van der Waals surface area contributed by atoms with E-state index in [1.165, 1.54) is 49.4 Å². The first kappa shape index (κ1) is 32.7. The number of nitrogens with two attached hydrogens (primary N) is 3. The summed E-state index contributed by atoms with van der Waals surface area (Å²) in [7, 11) is 0. The number of hydrogen-bond donors (Lipinski definition) is 8. The molecule has 3 rings (SSSR count). The topological polar surface area (TPSA) is 240 Å². The molecule has 0 saturated heterocycles. The van der Waals surface area contributed by atoms with E-state index >= 15 is 0 Å². The summed E-state index contributed by atoms with van der Waals surface area (Å²) in [5.41, 5.74) is 18.8. The van der Waals surface area contributed by atoms with E-state index in [0.29, 0.717) is 28.9 Å². The Balaban J connectivity index is 0.000000493. The lowest BCUT2D eigenvalue weighted by Gasteiger charge is -2.26. The molecule has 12 nitrogen and oxygen atoms in total. The second-order valence-electron chi connectivity index (χ2n) is 9.14. The van der Waals surface area contributed by atoms with Crippen LogP contribution in [-0.2, 0) is 23.4 Å². The molecule has 220 valence electrons. The van der Waals surface area contributed by atoms with Crippen molar-refractivity contribution in [3.8, 4) is 0 Å². The number of aliphatic hydroxyl groups is 4. The first-order valence-electron chi connectivity index (χ1n) is 12.6. The quantitative estimate of drug-likeness (QED) is 0.0796. The van der Waals surface area contributed by atoms with E-state index in [2.05, 4.69) is 0 Å². The standard InChI is InChI=1S/C22H28N2O7.C7H7NO2/c1-3-15-18(24)8-7-17(19(15)22(29,30)4-2)21(28)31-20(27)16-6-5-13(23)9-12(16)10-14(26)11-25;8-6-3-1-5(2-4-6)7(9)10/h5-9,14,25-26,29-30H,3-4,10-11,23-24H2,1-2H3;1-4H,8H2,(H,9,10). The maximum Gasteiger partial charge on any atom is 0.346 e. The molecule has 0 spiro atoms. The minimum atomic E-state index is -2.35. The Morgan fingerprint density at radius 2 is 1.44 bits per heavy atom. The van der Waals surface area contributed by atoms with E-state index in [0.717, 1.165) is 0 Å². The van der Waals surface area contributed by atoms with Crippen LogP contribution in [0.1, 0.15) is 68.0 Å². The summed E-state index contributed by atoms with van der Waals surface area (Å²) >= 11 is 0.